The van der Waals surface area contributed by atoms with Gasteiger partial charge in [-0.1, -0.05) is 26.2 Å². The molecule has 0 bridgehead atoms. The molecule has 1 heterocycles. The van der Waals surface area contributed by atoms with Crippen molar-refractivity contribution in [3.05, 3.63) is 0 Å². The van der Waals surface area contributed by atoms with E-state index in [1.54, 1.807) is 4.90 Å². The number of hydrogen-bond donors (Lipinski definition) is 1. The van der Waals surface area contributed by atoms with Crippen LogP contribution in [0.4, 0.5) is 0 Å². The van der Waals surface area contributed by atoms with Gasteiger partial charge in [0, 0.05) is 19.5 Å². The third kappa shape index (κ3) is 3.53. The molecule has 0 aromatic heterocycles. The number of amides is 2. The van der Waals surface area contributed by atoms with Gasteiger partial charge in [-0.05, 0) is 6.42 Å². The number of likely N-dealkylation sites (tertiary alicyclic amines) is 1. The molecule has 0 aromatic rings. The maximum Gasteiger partial charge on any atom is 0.223 e. The van der Waals surface area contributed by atoms with Crippen molar-refractivity contribution in [3.8, 4) is 0 Å². The second kappa shape index (κ2) is 5.73. The Bertz CT molecular complexity index is 241. The summed E-state index contributed by atoms with van der Waals surface area (Å²) < 4.78 is 0. The zero-order valence-electron chi connectivity index (χ0n) is 9.37. The Balaban J connectivity index is 2.25. The molecule has 86 valence electrons. The average molecular weight is 212 g/mol. The number of rotatable bonds is 6. The standard InChI is InChI=1S/C11H20N2O2/c1-2-3-4-5-6-13-8-9(11(12)15)7-10(13)14/h9H,2-8H2,1H3,(H2,12,15). The molecule has 0 spiro atoms. The van der Waals surface area contributed by atoms with Gasteiger partial charge in [-0.25, -0.2) is 0 Å². The first-order chi connectivity index (χ1) is 7.15. The maximum absolute atomic E-state index is 11.5. The summed E-state index contributed by atoms with van der Waals surface area (Å²) in [5.41, 5.74) is 5.18. The van der Waals surface area contributed by atoms with E-state index in [9.17, 15) is 9.59 Å². The van der Waals surface area contributed by atoms with Gasteiger partial charge in [-0.3, -0.25) is 9.59 Å². The Morgan fingerprint density at radius 2 is 2.20 bits per heavy atom. The Morgan fingerprint density at radius 1 is 1.47 bits per heavy atom. The van der Waals surface area contributed by atoms with Crippen molar-refractivity contribution in [2.75, 3.05) is 13.1 Å². The minimum Gasteiger partial charge on any atom is -0.369 e. The van der Waals surface area contributed by atoms with Crippen LogP contribution in [0.15, 0.2) is 0 Å². The van der Waals surface area contributed by atoms with E-state index in [2.05, 4.69) is 6.92 Å². The van der Waals surface area contributed by atoms with Crippen LogP contribution in [0, 0.1) is 5.92 Å². The van der Waals surface area contributed by atoms with Crippen LogP contribution in [0.5, 0.6) is 0 Å². The van der Waals surface area contributed by atoms with E-state index in [4.69, 9.17) is 5.73 Å². The summed E-state index contributed by atoms with van der Waals surface area (Å²) in [6, 6.07) is 0. The van der Waals surface area contributed by atoms with Gasteiger partial charge in [0.15, 0.2) is 0 Å². The van der Waals surface area contributed by atoms with Crippen molar-refractivity contribution in [2.24, 2.45) is 11.7 Å². The normalized spacial score (nSPS) is 21.0. The second-order valence-corrected chi connectivity index (χ2v) is 4.20. The number of hydrogen-bond acceptors (Lipinski definition) is 2. The topological polar surface area (TPSA) is 63.4 Å². The third-order valence-electron chi connectivity index (χ3n) is 2.90. The summed E-state index contributed by atoms with van der Waals surface area (Å²) in [4.78, 5) is 24.2. The highest BCUT2D eigenvalue weighted by atomic mass is 16.2. The fraction of sp³-hybridized carbons (Fsp3) is 0.818. The predicted molar refractivity (Wildman–Crippen MR) is 58.0 cm³/mol. The Morgan fingerprint density at radius 3 is 2.73 bits per heavy atom. The molecule has 1 unspecified atom stereocenters. The fourth-order valence-corrected chi connectivity index (χ4v) is 1.91. The average Bonchev–Trinajstić information content (AvgIpc) is 2.55. The summed E-state index contributed by atoms with van der Waals surface area (Å²) in [6.45, 7) is 3.47. The van der Waals surface area contributed by atoms with Gasteiger partial charge in [0.25, 0.3) is 0 Å². The van der Waals surface area contributed by atoms with Crippen LogP contribution in [0.25, 0.3) is 0 Å². The summed E-state index contributed by atoms with van der Waals surface area (Å²) in [7, 11) is 0. The molecule has 0 saturated carbocycles. The number of nitrogens with zero attached hydrogens (tertiary/aromatic N) is 1. The molecule has 4 nitrogen and oxygen atoms in total. The van der Waals surface area contributed by atoms with E-state index < -0.39 is 0 Å². The lowest BCUT2D eigenvalue weighted by molar-refractivity contribution is -0.128. The summed E-state index contributed by atoms with van der Waals surface area (Å²) in [5, 5.41) is 0. The Kier molecular flexibility index (Phi) is 4.59. The molecule has 2 amide bonds. The zero-order valence-corrected chi connectivity index (χ0v) is 9.37. The van der Waals surface area contributed by atoms with E-state index in [-0.39, 0.29) is 17.7 Å². The van der Waals surface area contributed by atoms with Crippen LogP contribution in [0.2, 0.25) is 0 Å². The van der Waals surface area contributed by atoms with Gasteiger partial charge in [-0.15, -0.1) is 0 Å². The lowest BCUT2D eigenvalue weighted by Crippen LogP contribution is -2.29. The van der Waals surface area contributed by atoms with Gasteiger partial charge >= 0.3 is 0 Å². The van der Waals surface area contributed by atoms with Gasteiger partial charge in [0.05, 0.1) is 5.92 Å². The highest BCUT2D eigenvalue weighted by Gasteiger charge is 2.32. The molecule has 15 heavy (non-hydrogen) atoms. The van der Waals surface area contributed by atoms with Gasteiger partial charge < -0.3 is 10.6 Å². The van der Waals surface area contributed by atoms with Crippen LogP contribution in [0.3, 0.4) is 0 Å². The van der Waals surface area contributed by atoms with Crippen LogP contribution in [-0.4, -0.2) is 29.8 Å². The second-order valence-electron chi connectivity index (χ2n) is 4.20. The number of nitrogens with two attached hydrogens (primary N) is 1. The van der Waals surface area contributed by atoms with Crippen LogP contribution in [-0.2, 0) is 9.59 Å². The third-order valence-corrected chi connectivity index (χ3v) is 2.90. The molecule has 1 saturated heterocycles. The van der Waals surface area contributed by atoms with Crippen molar-refractivity contribution >= 4 is 11.8 Å². The number of carbonyl (C=O) groups excluding carboxylic acids is 2. The highest BCUT2D eigenvalue weighted by Crippen LogP contribution is 2.17. The predicted octanol–water partition coefficient (Wildman–Crippen LogP) is 0.900. The molecular formula is C11H20N2O2. The minimum atomic E-state index is -0.348. The van der Waals surface area contributed by atoms with Crippen LogP contribution < -0.4 is 5.73 Å². The lowest BCUT2D eigenvalue weighted by Gasteiger charge is -2.15. The summed E-state index contributed by atoms with van der Waals surface area (Å²) in [5.74, 6) is -0.529. The van der Waals surface area contributed by atoms with E-state index >= 15 is 0 Å². The van der Waals surface area contributed by atoms with E-state index in [0.717, 1.165) is 19.4 Å². The van der Waals surface area contributed by atoms with Crippen molar-refractivity contribution in [1.82, 2.24) is 4.90 Å². The molecule has 1 aliphatic rings. The molecule has 1 atom stereocenters. The Labute approximate surface area is 90.8 Å². The number of unbranched alkanes of at least 4 members (excludes halogenated alkanes) is 3. The lowest BCUT2D eigenvalue weighted by atomic mass is 10.1. The van der Waals surface area contributed by atoms with E-state index in [1.807, 2.05) is 0 Å². The van der Waals surface area contributed by atoms with Crippen LogP contribution >= 0.6 is 0 Å². The van der Waals surface area contributed by atoms with Crippen molar-refractivity contribution in [1.29, 1.82) is 0 Å². The molecule has 1 rings (SSSR count). The quantitative estimate of drug-likeness (QED) is 0.665. The first-order valence-corrected chi connectivity index (χ1v) is 5.72. The number of carbonyl (C=O) groups is 2. The minimum absolute atomic E-state index is 0.0790. The van der Waals surface area contributed by atoms with E-state index in [1.165, 1.54) is 12.8 Å². The summed E-state index contributed by atoms with van der Waals surface area (Å²) in [6.07, 6.45) is 4.90. The van der Waals surface area contributed by atoms with Gasteiger partial charge in [0.1, 0.15) is 0 Å². The van der Waals surface area contributed by atoms with Crippen molar-refractivity contribution in [3.63, 3.8) is 0 Å². The highest BCUT2D eigenvalue weighted by molar-refractivity contribution is 5.88. The molecular weight excluding hydrogens is 192 g/mol. The Hall–Kier alpha value is -1.06. The van der Waals surface area contributed by atoms with Gasteiger partial charge in [-0.2, -0.15) is 0 Å². The molecule has 2 N–H and O–H groups in total. The maximum atomic E-state index is 11.5. The molecule has 0 aromatic carbocycles. The number of primary amides is 1. The monoisotopic (exact) mass is 212 g/mol. The SMILES string of the molecule is CCCCCCN1CC(C(N)=O)CC1=O. The molecule has 0 aliphatic carbocycles. The largest absolute Gasteiger partial charge is 0.369 e. The van der Waals surface area contributed by atoms with Crippen molar-refractivity contribution in [2.45, 2.75) is 39.0 Å². The zero-order chi connectivity index (χ0) is 11.3. The van der Waals surface area contributed by atoms with Crippen molar-refractivity contribution < 1.29 is 9.59 Å². The molecule has 0 radical (unpaired) electrons. The first-order valence-electron chi connectivity index (χ1n) is 5.72. The van der Waals surface area contributed by atoms with E-state index in [0.29, 0.717) is 13.0 Å². The van der Waals surface area contributed by atoms with Crippen LogP contribution in [0.1, 0.15) is 39.0 Å². The first kappa shape index (κ1) is 12.0. The summed E-state index contributed by atoms with van der Waals surface area (Å²) >= 11 is 0. The molecule has 4 heteroatoms. The fourth-order valence-electron chi connectivity index (χ4n) is 1.91. The molecule has 1 fully saturated rings. The van der Waals surface area contributed by atoms with Gasteiger partial charge in [0.2, 0.25) is 11.8 Å². The molecule has 1 aliphatic heterocycles. The smallest absolute Gasteiger partial charge is 0.223 e.